The van der Waals surface area contributed by atoms with E-state index < -0.39 is 11.9 Å². The third-order valence-electron chi connectivity index (χ3n) is 22.2. The summed E-state index contributed by atoms with van der Waals surface area (Å²) < 4.78 is 1.14. The van der Waals surface area contributed by atoms with Crippen LogP contribution in [0, 0.1) is 62.6 Å². The van der Waals surface area contributed by atoms with Gasteiger partial charge in [-0.1, -0.05) is 78.6 Å². The van der Waals surface area contributed by atoms with E-state index in [2.05, 4.69) is 115 Å². The number of carbonyl (C=O) groups excluding carboxylic acids is 2. The standard InChI is InChI=1S/C50H78Br4N4O4/c1-33(2)34-10-17-48(32-49(51,18-13-41(59)60)39-30-55-22-26-57(39,53)27-23-55)21-20-46(6)35(43(34)48)8-9-38-45(5)15-11-37(44(3,4)36(45)12-16-47(38,46)7)50(52,19-14-42(61)62)40-31-56-24-28-58(40,54)29-25-56/h34-40,43H,1,8-32H2,2-7H3/t34-,35+,36-,37?,38+,39?,40?,43+,45-,46+,47+,48+,49?,50?/m0/s1. The van der Waals surface area contributed by atoms with Crippen LogP contribution in [0.1, 0.15) is 138 Å². The second-order valence-corrected chi connectivity index (χ2v) is 30.6. The van der Waals surface area contributed by atoms with E-state index in [0.29, 0.717) is 60.4 Å². The Balaban J connectivity index is 1.03. The lowest BCUT2D eigenvalue weighted by Crippen LogP contribution is -2.75. The number of piperazine rings is 6. The topological polar surface area (TPSA) is 86.7 Å². The molecule has 14 atom stereocenters. The van der Waals surface area contributed by atoms with Gasteiger partial charge in [-0.15, -0.1) is 0 Å². The third-order valence-corrected chi connectivity index (χ3v) is 27.3. The van der Waals surface area contributed by atoms with Crippen molar-refractivity contribution in [1.29, 1.82) is 0 Å². The van der Waals surface area contributed by atoms with E-state index in [1.165, 1.54) is 63.4 Å². The molecule has 0 aromatic heterocycles. The minimum Gasteiger partial charge on any atom is -0.550 e. The molecule has 8 nitrogen and oxygen atoms in total. The van der Waals surface area contributed by atoms with Gasteiger partial charge in [-0.2, -0.15) is 0 Å². The molecule has 0 N–H and O–H groups in total. The minimum absolute atomic E-state index is 0.0319. The number of carboxylic acid groups (broad SMARTS) is 2. The second-order valence-electron chi connectivity index (χ2n) is 24.7. The number of aliphatic carboxylic acids is 2. The van der Waals surface area contributed by atoms with Gasteiger partial charge < -0.3 is 19.8 Å². The zero-order chi connectivity index (χ0) is 44.7. The Morgan fingerprint density at radius 1 is 0.710 bits per heavy atom. The van der Waals surface area contributed by atoms with Gasteiger partial charge in [0.05, 0.1) is 21.7 Å². The summed E-state index contributed by atoms with van der Waals surface area (Å²) >= 11 is 17.6. The molecule has 0 amide bonds. The summed E-state index contributed by atoms with van der Waals surface area (Å²) in [5, 5.41) is 24.4. The molecule has 0 radical (unpaired) electrons. The number of fused-ring (bicyclic) bond motifs is 13. The Labute approximate surface area is 408 Å². The van der Waals surface area contributed by atoms with Crippen LogP contribution in [0.2, 0.25) is 0 Å². The Morgan fingerprint density at radius 2 is 1.29 bits per heavy atom. The highest BCUT2D eigenvalue weighted by atomic mass is 79.9. The normalized spacial score (nSPS) is 50.9. The van der Waals surface area contributed by atoms with Crippen LogP contribution < -0.4 is 10.2 Å². The number of hydrogen-bond acceptors (Lipinski definition) is 6. The highest BCUT2D eigenvalue weighted by Gasteiger charge is 2.73. The molecule has 6 heterocycles. The Kier molecular flexibility index (Phi) is 12.3. The van der Waals surface area contributed by atoms with Crippen molar-refractivity contribution in [2.45, 2.75) is 159 Å². The quantitative estimate of drug-likeness (QED) is 0.111. The van der Waals surface area contributed by atoms with Crippen LogP contribution in [0.5, 0.6) is 0 Å². The fraction of sp³-hybridized carbons (Fsp3) is 0.920. The fourth-order valence-corrected chi connectivity index (χ4v) is 24.2. The van der Waals surface area contributed by atoms with Crippen molar-refractivity contribution in [3.63, 3.8) is 0 Å². The van der Waals surface area contributed by atoms with Crippen molar-refractivity contribution in [2.75, 3.05) is 65.4 Å². The molecule has 0 aromatic rings. The second kappa shape index (κ2) is 16.0. The number of alkyl halides is 2. The molecule has 11 fully saturated rings. The molecule has 6 saturated heterocycles. The molecule has 12 heteroatoms. The predicted molar refractivity (Wildman–Crippen MR) is 257 cm³/mol. The van der Waals surface area contributed by atoms with E-state index in [4.69, 9.17) is 6.58 Å². The van der Waals surface area contributed by atoms with Crippen LogP contribution in [-0.4, -0.2) is 115 Å². The molecule has 5 saturated carbocycles. The molecule has 5 unspecified atom stereocenters. The zero-order valence-electron chi connectivity index (χ0n) is 38.9. The maximum atomic E-state index is 12.2. The van der Waals surface area contributed by atoms with E-state index in [1.807, 2.05) is 0 Å². The van der Waals surface area contributed by atoms with Crippen LogP contribution in [0.3, 0.4) is 0 Å². The van der Waals surface area contributed by atoms with Gasteiger partial charge in [-0.05, 0) is 166 Å². The van der Waals surface area contributed by atoms with Gasteiger partial charge in [0.25, 0.3) is 0 Å². The summed E-state index contributed by atoms with van der Waals surface area (Å²) in [6.45, 7) is 31.1. The first-order valence-electron chi connectivity index (χ1n) is 24.9. The summed E-state index contributed by atoms with van der Waals surface area (Å²) in [6, 6.07) is 0.586. The first-order valence-corrected chi connectivity index (χ1v) is 27.9. The van der Waals surface area contributed by atoms with Crippen LogP contribution in [0.15, 0.2) is 12.2 Å². The molecule has 350 valence electrons. The zero-order valence-corrected chi connectivity index (χ0v) is 45.3. The van der Waals surface area contributed by atoms with Crippen LogP contribution in [0.25, 0.3) is 0 Å². The van der Waals surface area contributed by atoms with Crippen LogP contribution in [-0.2, 0) is 9.59 Å². The molecule has 0 aromatic carbocycles. The maximum Gasteiger partial charge on any atom is 0.227 e. The van der Waals surface area contributed by atoms with Crippen molar-refractivity contribution in [3.05, 3.63) is 12.2 Å². The van der Waals surface area contributed by atoms with Gasteiger partial charge in [0.1, 0.15) is 38.3 Å². The smallest absolute Gasteiger partial charge is 0.227 e. The predicted octanol–water partition coefficient (Wildman–Crippen LogP) is 8.63. The van der Waals surface area contributed by atoms with Crippen molar-refractivity contribution in [3.8, 4) is 0 Å². The molecular formula is C50H78Br4N4O4. The molecular weight excluding hydrogens is 1040 g/mol. The summed E-state index contributed by atoms with van der Waals surface area (Å²) in [5.41, 5.74) is 2.19. The number of hydrogen-bond donors (Lipinski definition) is 0. The SMILES string of the molecule is C=C(C)[C@@H]1CC[C@]2(CC(Br)(CCC(=O)[O-])C3CN4CC[N+]3(Br)CC4)CC[C@]3(C)[C@H](CC[C@@H]4[C@@]5(C)CCC(C(Br)(CCC(=O)[O-])C6CN7CC[N+]6(Br)CC7)C(C)(C)[C@@H]5CC[C@]43C)[C@@H]12. The summed E-state index contributed by atoms with van der Waals surface area (Å²) in [7, 11) is 0. The first kappa shape index (κ1) is 47.5. The Bertz CT molecular complexity index is 1800. The molecule has 6 aliphatic heterocycles. The molecule has 5 aliphatic carbocycles. The lowest BCUT2D eigenvalue weighted by molar-refractivity contribution is -0.829. The largest absolute Gasteiger partial charge is 0.550 e. The van der Waals surface area contributed by atoms with Crippen molar-refractivity contribution in [2.24, 2.45) is 62.6 Å². The van der Waals surface area contributed by atoms with Crippen molar-refractivity contribution >= 4 is 76.1 Å². The molecule has 0 spiro atoms. The molecule has 11 rings (SSSR count). The highest BCUT2D eigenvalue weighted by Crippen LogP contribution is 2.79. The lowest BCUT2D eigenvalue weighted by atomic mass is 9.31. The summed E-state index contributed by atoms with van der Waals surface area (Å²) in [5.74, 6) is 1.40. The summed E-state index contributed by atoms with van der Waals surface area (Å²) in [4.78, 5) is 29.7. The van der Waals surface area contributed by atoms with E-state index >= 15 is 0 Å². The van der Waals surface area contributed by atoms with Gasteiger partial charge in [0, 0.05) is 38.1 Å². The van der Waals surface area contributed by atoms with Crippen molar-refractivity contribution < 1.29 is 26.8 Å². The van der Waals surface area contributed by atoms with E-state index in [9.17, 15) is 19.8 Å². The lowest BCUT2D eigenvalue weighted by Gasteiger charge is -2.74. The van der Waals surface area contributed by atoms with Crippen LogP contribution in [0.4, 0.5) is 0 Å². The number of allylic oxidation sites excluding steroid dienone is 1. The number of carbonyl (C=O) groups is 2. The number of halogens is 4. The molecule has 62 heavy (non-hydrogen) atoms. The number of quaternary nitrogens is 2. The van der Waals surface area contributed by atoms with Gasteiger partial charge >= 0.3 is 0 Å². The van der Waals surface area contributed by atoms with Gasteiger partial charge in [0.15, 0.2) is 0 Å². The number of rotatable bonds is 12. The molecule has 11 aliphatic rings. The maximum absolute atomic E-state index is 12.2. The highest BCUT2D eigenvalue weighted by molar-refractivity contribution is 9.10. The number of nitrogens with zero attached hydrogens (tertiary/aromatic N) is 4. The van der Waals surface area contributed by atoms with E-state index in [1.54, 1.807) is 0 Å². The first-order chi connectivity index (χ1) is 28.9. The Morgan fingerprint density at radius 3 is 1.85 bits per heavy atom. The average Bonchev–Trinajstić information content (AvgIpc) is 3.58. The van der Waals surface area contributed by atoms with Gasteiger partial charge in [-0.25, -0.2) is 7.02 Å². The summed E-state index contributed by atoms with van der Waals surface area (Å²) in [6.07, 6.45) is 14.7. The van der Waals surface area contributed by atoms with Crippen molar-refractivity contribution in [1.82, 2.24) is 9.80 Å². The fourth-order valence-electron chi connectivity index (χ4n) is 19.2. The van der Waals surface area contributed by atoms with Gasteiger partial charge in [0.2, 0.25) is 32.3 Å². The van der Waals surface area contributed by atoms with Crippen LogP contribution >= 0.6 is 64.2 Å². The average molecular weight is 1120 g/mol. The monoisotopic (exact) mass is 1110 g/mol. The molecule has 4 bridgehead atoms. The minimum atomic E-state index is -0.931. The van der Waals surface area contributed by atoms with E-state index in [-0.39, 0.29) is 48.6 Å². The number of carboxylic acids is 2. The third kappa shape index (κ3) is 7.10. The Hall–Kier alpha value is 0.440. The van der Waals surface area contributed by atoms with Gasteiger partial charge in [-0.3, -0.25) is 9.80 Å². The van der Waals surface area contributed by atoms with E-state index in [0.717, 1.165) is 85.3 Å².